The Hall–Kier alpha value is -2.83. The molecule has 1 aromatic carbocycles. The Morgan fingerprint density at radius 3 is 2.76 bits per heavy atom. The molecule has 0 spiro atoms. The number of hydrogen-bond acceptors (Lipinski definition) is 3. The predicted molar refractivity (Wildman–Crippen MR) is 94.8 cm³/mol. The van der Waals surface area contributed by atoms with Crippen LogP contribution in [0.15, 0.2) is 46.0 Å². The lowest BCUT2D eigenvalue weighted by Gasteiger charge is -2.12. The molecule has 0 fully saturated rings. The van der Waals surface area contributed by atoms with Gasteiger partial charge in [-0.15, -0.1) is 0 Å². The van der Waals surface area contributed by atoms with Gasteiger partial charge in [0.05, 0.1) is 19.4 Å². The van der Waals surface area contributed by atoms with Gasteiger partial charge in [-0.3, -0.25) is 9.79 Å². The Bertz CT molecular complexity index is 714. The number of guanidine groups is 1. The van der Waals surface area contributed by atoms with E-state index in [2.05, 4.69) is 20.9 Å². The van der Waals surface area contributed by atoms with Crippen molar-refractivity contribution in [3.63, 3.8) is 0 Å². The maximum absolute atomic E-state index is 13.1. The van der Waals surface area contributed by atoms with Gasteiger partial charge in [0.2, 0.25) is 5.91 Å². The Morgan fingerprint density at radius 2 is 2.08 bits per heavy atom. The minimum atomic E-state index is -0.229. The van der Waals surface area contributed by atoms with Crippen molar-refractivity contribution in [3.05, 3.63) is 59.3 Å². The molecule has 6 nitrogen and oxygen atoms in total. The maximum Gasteiger partial charge on any atom is 0.239 e. The van der Waals surface area contributed by atoms with Gasteiger partial charge in [-0.2, -0.15) is 0 Å². The van der Waals surface area contributed by atoms with Gasteiger partial charge in [0.25, 0.3) is 0 Å². The number of carbonyl (C=O) groups excluding carboxylic acids is 1. The summed E-state index contributed by atoms with van der Waals surface area (Å²) in [7, 11) is 1.64. The van der Waals surface area contributed by atoms with Crippen LogP contribution in [0.1, 0.15) is 16.9 Å². The van der Waals surface area contributed by atoms with Crippen LogP contribution < -0.4 is 16.0 Å². The van der Waals surface area contributed by atoms with E-state index in [-0.39, 0.29) is 18.3 Å². The number of nitrogens with zero attached hydrogens (tertiary/aromatic N) is 1. The first-order valence-corrected chi connectivity index (χ1v) is 8.07. The van der Waals surface area contributed by atoms with Crippen LogP contribution in [0.4, 0.5) is 4.39 Å². The average Bonchev–Trinajstić information content (AvgIpc) is 3.11. The number of furan rings is 1. The fourth-order valence-corrected chi connectivity index (χ4v) is 2.30. The van der Waals surface area contributed by atoms with Gasteiger partial charge in [-0.05, 0) is 48.7 Å². The molecule has 7 heteroatoms. The Morgan fingerprint density at radius 1 is 1.24 bits per heavy atom. The molecule has 1 aromatic heterocycles. The molecule has 2 rings (SSSR count). The molecule has 0 aliphatic heterocycles. The number of aliphatic imine (C=N–C) groups is 1. The highest BCUT2D eigenvalue weighted by atomic mass is 19.1. The summed E-state index contributed by atoms with van der Waals surface area (Å²) in [6, 6.07) is 8.33. The molecule has 134 valence electrons. The number of halogens is 1. The third-order valence-corrected chi connectivity index (χ3v) is 3.67. The molecule has 2 aromatic rings. The zero-order valence-electron chi connectivity index (χ0n) is 14.4. The highest BCUT2D eigenvalue weighted by Gasteiger charge is 2.05. The molecule has 1 amide bonds. The van der Waals surface area contributed by atoms with Gasteiger partial charge in [-0.1, -0.05) is 6.07 Å². The third kappa shape index (κ3) is 6.29. The van der Waals surface area contributed by atoms with E-state index in [9.17, 15) is 9.18 Å². The third-order valence-electron chi connectivity index (χ3n) is 3.67. The minimum absolute atomic E-state index is 0.107. The second-order valence-electron chi connectivity index (χ2n) is 5.53. The van der Waals surface area contributed by atoms with Crippen molar-refractivity contribution in [1.29, 1.82) is 0 Å². The van der Waals surface area contributed by atoms with Gasteiger partial charge < -0.3 is 20.4 Å². The Labute approximate surface area is 146 Å². The fraction of sp³-hybridized carbons (Fsp3) is 0.333. The van der Waals surface area contributed by atoms with Gasteiger partial charge in [0.15, 0.2) is 5.96 Å². The summed E-state index contributed by atoms with van der Waals surface area (Å²) in [6.07, 6.45) is 2.30. The van der Waals surface area contributed by atoms with Crippen LogP contribution in [-0.2, 0) is 17.8 Å². The summed E-state index contributed by atoms with van der Waals surface area (Å²) in [5.41, 5.74) is 1.99. The van der Waals surface area contributed by atoms with Crippen molar-refractivity contribution in [2.24, 2.45) is 4.99 Å². The SMILES string of the molecule is CN=C(NCCc1ccc(F)cc1C)NCC(=O)NCc1ccco1. The highest BCUT2D eigenvalue weighted by Crippen LogP contribution is 2.10. The number of rotatable bonds is 7. The van der Waals surface area contributed by atoms with Crippen LogP contribution in [0.3, 0.4) is 0 Å². The standard InChI is InChI=1S/C18H23FN4O2/c1-13-10-15(19)6-5-14(13)7-8-21-18(20-2)23-12-17(24)22-11-16-4-3-9-25-16/h3-6,9-10H,7-8,11-12H2,1-2H3,(H,22,24)(H2,20,21,23). The van der Waals surface area contributed by atoms with Crippen LogP contribution in [0, 0.1) is 12.7 Å². The van der Waals surface area contributed by atoms with Crippen molar-refractivity contribution in [1.82, 2.24) is 16.0 Å². The first-order valence-electron chi connectivity index (χ1n) is 8.07. The molecule has 0 aliphatic rings. The van der Waals surface area contributed by atoms with Crippen molar-refractivity contribution < 1.29 is 13.6 Å². The zero-order valence-corrected chi connectivity index (χ0v) is 14.4. The van der Waals surface area contributed by atoms with Gasteiger partial charge >= 0.3 is 0 Å². The van der Waals surface area contributed by atoms with Gasteiger partial charge in [0, 0.05) is 13.6 Å². The van der Waals surface area contributed by atoms with Crippen LogP contribution >= 0.6 is 0 Å². The van der Waals surface area contributed by atoms with Crippen molar-refractivity contribution in [3.8, 4) is 0 Å². The van der Waals surface area contributed by atoms with Crippen molar-refractivity contribution >= 4 is 11.9 Å². The molecular weight excluding hydrogens is 323 g/mol. The van der Waals surface area contributed by atoms with Crippen LogP contribution in [0.2, 0.25) is 0 Å². The Kier molecular flexibility index (Phi) is 7.00. The smallest absolute Gasteiger partial charge is 0.239 e. The van der Waals surface area contributed by atoms with E-state index in [0.29, 0.717) is 24.8 Å². The summed E-state index contributed by atoms with van der Waals surface area (Å²) >= 11 is 0. The lowest BCUT2D eigenvalue weighted by molar-refractivity contribution is -0.120. The van der Waals surface area contributed by atoms with E-state index in [1.165, 1.54) is 12.1 Å². The van der Waals surface area contributed by atoms with Crippen LogP contribution in [-0.4, -0.2) is 32.0 Å². The summed E-state index contributed by atoms with van der Waals surface area (Å²) < 4.78 is 18.2. The van der Waals surface area contributed by atoms with E-state index in [0.717, 1.165) is 17.5 Å². The Balaban J connectivity index is 1.68. The van der Waals surface area contributed by atoms with Gasteiger partial charge in [0.1, 0.15) is 11.6 Å². The highest BCUT2D eigenvalue weighted by molar-refractivity contribution is 5.86. The summed E-state index contributed by atoms with van der Waals surface area (Å²) in [5, 5.41) is 8.82. The molecule has 0 saturated carbocycles. The molecule has 0 radical (unpaired) electrons. The minimum Gasteiger partial charge on any atom is -0.467 e. The van der Waals surface area contributed by atoms with Crippen molar-refractivity contribution in [2.75, 3.05) is 20.1 Å². The van der Waals surface area contributed by atoms with Crippen molar-refractivity contribution in [2.45, 2.75) is 19.9 Å². The van der Waals surface area contributed by atoms with E-state index in [1.54, 1.807) is 31.5 Å². The summed E-state index contributed by atoms with van der Waals surface area (Å²) in [5.74, 6) is 0.847. The predicted octanol–water partition coefficient (Wildman–Crippen LogP) is 1.75. The molecule has 0 unspecified atom stereocenters. The zero-order chi connectivity index (χ0) is 18.1. The molecule has 3 N–H and O–H groups in total. The quantitative estimate of drug-likeness (QED) is 0.527. The molecule has 25 heavy (non-hydrogen) atoms. The summed E-state index contributed by atoms with van der Waals surface area (Å²) in [6.45, 7) is 2.97. The maximum atomic E-state index is 13.1. The molecule has 0 saturated heterocycles. The van der Waals surface area contributed by atoms with E-state index >= 15 is 0 Å². The lowest BCUT2D eigenvalue weighted by atomic mass is 10.1. The molecule has 0 atom stereocenters. The second-order valence-corrected chi connectivity index (χ2v) is 5.53. The lowest BCUT2D eigenvalue weighted by Crippen LogP contribution is -2.43. The van der Waals surface area contributed by atoms with Crippen LogP contribution in [0.25, 0.3) is 0 Å². The first kappa shape index (κ1) is 18.5. The normalized spacial score (nSPS) is 11.2. The molecule has 0 bridgehead atoms. The fourth-order valence-electron chi connectivity index (χ4n) is 2.30. The van der Waals surface area contributed by atoms with E-state index < -0.39 is 0 Å². The number of hydrogen-bond donors (Lipinski definition) is 3. The van der Waals surface area contributed by atoms with E-state index in [1.807, 2.05) is 6.92 Å². The molecule has 1 heterocycles. The average molecular weight is 346 g/mol. The number of carbonyl (C=O) groups is 1. The van der Waals surface area contributed by atoms with Gasteiger partial charge in [-0.25, -0.2) is 4.39 Å². The topological polar surface area (TPSA) is 78.7 Å². The number of aryl methyl sites for hydroxylation is 1. The number of benzene rings is 1. The number of amides is 1. The summed E-state index contributed by atoms with van der Waals surface area (Å²) in [4.78, 5) is 15.9. The molecule has 0 aliphatic carbocycles. The number of nitrogens with one attached hydrogen (secondary N) is 3. The van der Waals surface area contributed by atoms with Crippen LogP contribution in [0.5, 0.6) is 0 Å². The second kappa shape index (κ2) is 9.46. The molecular formula is C18H23FN4O2. The van der Waals surface area contributed by atoms with E-state index in [4.69, 9.17) is 4.42 Å². The first-order chi connectivity index (χ1) is 12.1. The monoisotopic (exact) mass is 346 g/mol. The largest absolute Gasteiger partial charge is 0.467 e.